The third-order valence-corrected chi connectivity index (χ3v) is 5.36. The molecular weight excluding hydrogens is 359 g/mol. The molecule has 0 aliphatic rings. The smallest absolute Gasteiger partial charge is 0.215 e. The maximum absolute atomic E-state index is 13.5. The normalized spacial score (nSPS) is 11.2. The van der Waals surface area contributed by atoms with Crippen molar-refractivity contribution in [2.75, 3.05) is 7.05 Å². The fraction of sp³-hybridized carbons (Fsp3) is 0.143. The first-order valence-electron chi connectivity index (χ1n) is 8.65. The van der Waals surface area contributed by atoms with Gasteiger partial charge in [0, 0.05) is 52.7 Å². The topological polar surface area (TPSA) is 42.7 Å². The fourth-order valence-electron chi connectivity index (χ4n) is 3.08. The maximum Gasteiger partial charge on any atom is 0.215 e. The zero-order valence-electron chi connectivity index (χ0n) is 15.1. The largest absolute Gasteiger partial charge is 0.316 e. The van der Waals surface area contributed by atoms with Gasteiger partial charge in [0.2, 0.25) is 5.95 Å². The van der Waals surface area contributed by atoms with E-state index < -0.39 is 5.95 Å². The number of nitrogens with one attached hydrogen (secondary N) is 1. The third-order valence-electron chi connectivity index (χ3n) is 4.41. The van der Waals surface area contributed by atoms with E-state index in [4.69, 9.17) is 0 Å². The van der Waals surface area contributed by atoms with Gasteiger partial charge in [0.05, 0.1) is 5.52 Å². The minimum absolute atomic E-state index is 0.424. The van der Waals surface area contributed by atoms with Gasteiger partial charge < -0.3 is 5.32 Å². The van der Waals surface area contributed by atoms with Crippen molar-refractivity contribution in [2.24, 2.45) is 0 Å². The number of aromatic nitrogens is 3. The molecule has 0 radical (unpaired) electrons. The van der Waals surface area contributed by atoms with Gasteiger partial charge in [0.25, 0.3) is 0 Å². The average Bonchev–Trinajstić information content (AvgIpc) is 3.02. The van der Waals surface area contributed by atoms with Gasteiger partial charge in [-0.15, -0.1) is 0 Å². The Morgan fingerprint density at radius 2 is 2.04 bits per heavy atom. The quantitative estimate of drug-likeness (QED) is 0.506. The van der Waals surface area contributed by atoms with Crippen LogP contribution in [0, 0.1) is 12.9 Å². The van der Waals surface area contributed by atoms with Gasteiger partial charge >= 0.3 is 0 Å². The molecule has 0 atom stereocenters. The predicted octanol–water partition coefficient (Wildman–Crippen LogP) is 4.82. The average molecular weight is 378 g/mol. The van der Waals surface area contributed by atoms with Gasteiger partial charge in [-0.2, -0.15) is 4.39 Å². The molecule has 0 fully saturated rings. The van der Waals surface area contributed by atoms with Gasteiger partial charge in [-0.1, -0.05) is 12.1 Å². The molecule has 27 heavy (non-hydrogen) atoms. The molecule has 1 N–H and O–H groups in total. The summed E-state index contributed by atoms with van der Waals surface area (Å²) in [7, 11) is 1.94. The molecule has 3 aromatic heterocycles. The molecule has 4 aromatic rings. The summed E-state index contributed by atoms with van der Waals surface area (Å²) >= 11 is 1.62. The lowest BCUT2D eigenvalue weighted by molar-refractivity contribution is 0.575. The van der Waals surface area contributed by atoms with Crippen LogP contribution in [0.15, 0.2) is 66.1 Å². The first-order chi connectivity index (χ1) is 13.2. The van der Waals surface area contributed by atoms with E-state index in [9.17, 15) is 4.39 Å². The van der Waals surface area contributed by atoms with E-state index in [-0.39, 0.29) is 0 Å². The molecule has 0 aliphatic heterocycles. The van der Waals surface area contributed by atoms with E-state index in [1.165, 1.54) is 10.9 Å². The number of rotatable bonds is 5. The van der Waals surface area contributed by atoms with Crippen LogP contribution in [0.25, 0.3) is 22.0 Å². The molecule has 0 aliphatic carbocycles. The second-order valence-corrected chi connectivity index (χ2v) is 7.40. The standard InChI is InChI=1S/C21H19FN4S/c1-14-8-16(11-25-21(14)22)15-5-6-19-17(10-23-2)13-26(20(19)9-15)27-18-4-3-7-24-12-18/h3-9,11-13,23H,10H2,1-2H3. The Balaban J connectivity index is 1.82. The Bertz CT molecular complexity index is 1090. The summed E-state index contributed by atoms with van der Waals surface area (Å²) in [6, 6.07) is 12.1. The maximum atomic E-state index is 13.5. The van der Waals surface area contributed by atoms with Crippen molar-refractivity contribution in [1.82, 2.24) is 19.3 Å². The van der Waals surface area contributed by atoms with Crippen LogP contribution in [-0.2, 0) is 6.54 Å². The van der Waals surface area contributed by atoms with Gasteiger partial charge in [0.1, 0.15) is 0 Å². The first kappa shape index (κ1) is 17.7. The molecule has 3 heterocycles. The zero-order valence-corrected chi connectivity index (χ0v) is 15.9. The van der Waals surface area contributed by atoms with Crippen LogP contribution in [0.1, 0.15) is 11.1 Å². The summed E-state index contributed by atoms with van der Waals surface area (Å²) in [4.78, 5) is 9.12. The SMILES string of the molecule is CNCc1cn(Sc2cccnc2)c2cc(-c3cnc(F)c(C)c3)ccc12. The van der Waals surface area contributed by atoms with E-state index >= 15 is 0 Å². The Labute approximate surface area is 161 Å². The van der Waals surface area contributed by atoms with Crippen LogP contribution in [0.5, 0.6) is 0 Å². The number of pyridine rings is 2. The van der Waals surface area contributed by atoms with E-state index in [0.29, 0.717) is 5.56 Å². The molecule has 0 unspecified atom stereocenters. The van der Waals surface area contributed by atoms with Crippen LogP contribution in [0.2, 0.25) is 0 Å². The fourth-order valence-corrected chi connectivity index (χ4v) is 3.99. The van der Waals surface area contributed by atoms with Crippen molar-refractivity contribution in [3.8, 4) is 11.1 Å². The molecule has 0 spiro atoms. The lowest BCUT2D eigenvalue weighted by atomic mass is 10.0. The molecule has 0 saturated heterocycles. The number of fused-ring (bicyclic) bond motifs is 1. The number of nitrogens with zero attached hydrogens (tertiary/aromatic N) is 3. The third kappa shape index (κ3) is 3.59. The number of halogens is 1. The van der Waals surface area contributed by atoms with E-state index in [1.807, 2.05) is 31.4 Å². The lowest BCUT2D eigenvalue weighted by Crippen LogP contribution is -2.04. The minimum atomic E-state index is -0.424. The monoisotopic (exact) mass is 378 g/mol. The number of benzene rings is 1. The molecule has 136 valence electrons. The molecule has 0 amide bonds. The highest BCUT2D eigenvalue weighted by molar-refractivity contribution is 7.98. The van der Waals surface area contributed by atoms with Crippen LogP contribution in [0.3, 0.4) is 0 Å². The van der Waals surface area contributed by atoms with Crippen LogP contribution < -0.4 is 5.32 Å². The zero-order chi connectivity index (χ0) is 18.8. The molecule has 4 rings (SSSR count). The molecule has 6 heteroatoms. The van der Waals surface area contributed by atoms with Crippen molar-refractivity contribution < 1.29 is 4.39 Å². The number of hydrogen-bond acceptors (Lipinski definition) is 4. The molecule has 0 saturated carbocycles. The summed E-state index contributed by atoms with van der Waals surface area (Å²) in [5.41, 5.74) is 4.80. The van der Waals surface area contributed by atoms with E-state index in [1.54, 1.807) is 31.3 Å². The predicted molar refractivity (Wildman–Crippen MR) is 108 cm³/mol. The Hall–Kier alpha value is -2.70. The summed E-state index contributed by atoms with van der Waals surface area (Å²) < 4.78 is 15.7. The Morgan fingerprint density at radius 1 is 1.15 bits per heavy atom. The van der Waals surface area contributed by atoms with Crippen LogP contribution in [0.4, 0.5) is 4.39 Å². The highest BCUT2D eigenvalue weighted by Gasteiger charge is 2.12. The molecule has 1 aromatic carbocycles. The molecule has 0 bridgehead atoms. The Morgan fingerprint density at radius 3 is 2.78 bits per heavy atom. The van der Waals surface area contributed by atoms with Crippen molar-refractivity contribution in [3.05, 3.63) is 78.3 Å². The summed E-state index contributed by atoms with van der Waals surface area (Å²) in [5.74, 6) is -0.424. The minimum Gasteiger partial charge on any atom is -0.316 e. The number of aryl methyl sites for hydroxylation is 1. The van der Waals surface area contributed by atoms with Crippen molar-refractivity contribution in [1.29, 1.82) is 0 Å². The molecule has 4 nitrogen and oxygen atoms in total. The van der Waals surface area contributed by atoms with Gasteiger partial charge in [-0.25, -0.2) is 4.98 Å². The summed E-state index contributed by atoms with van der Waals surface area (Å²) in [6.07, 6.45) is 7.36. The van der Waals surface area contributed by atoms with Crippen molar-refractivity contribution in [2.45, 2.75) is 18.4 Å². The second-order valence-electron chi connectivity index (χ2n) is 6.35. The van der Waals surface area contributed by atoms with Crippen molar-refractivity contribution in [3.63, 3.8) is 0 Å². The van der Waals surface area contributed by atoms with Crippen molar-refractivity contribution >= 4 is 22.9 Å². The Kier molecular flexibility index (Phi) is 4.92. The van der Waals surface area contributed by atoms with E-state index in [2.05, 4.69) is 43.7 Å². The summed E-state index contributed by atoms with van der Waals surface area (Å²) in [5, 5.41) is 4.42. The summed E-state index contributed by atoms with van der Waals surface area (Å²) in [6.45, 7) is 2.52. The van der Waals surface area contributed by atoms with Crippen LogP contribution >= 0.6 is 11.9 Å². The number of hydrogen-bond donors (Lipinski definition) is 1. The van der Waals surface area contributed by atoms with Crippen LogP contribution in [-0.4, -0.2) is 21.0 Å². The highest BCUT2D eigenvalue weighted by Crippen LogP contribution is 2.32. The second kappa shape index (κ2) is 7.50. The first-order valence-corrected chi connectivity index (χ1v) is 9.42. The van der Waals surface area contributed by atoms with Gasteiger partial charge in [-0.05, 0) is 61.3 Å². The highest BCUT2D eigenvalue weighted by atomic mass is 32.2. The van der Waals surface area contributed by atoms with E-state index in [0.717, 1.165) is 28.1 Å². The molecular formula is C21H19FN4S. The van der Waals surface area contributed by atoms with Gasteiger partial charge in [-0.3, -0.25) is 8.96 Å². The van der Waals surface area contributed by atoms with Gasteiger partial charge in [0.15, 0.2) is 0 Å². The lowest BCUT2D eigenvalue weighted by Gasteiger charge is -2.07.